The first kappa shape index (κ1) is 12.5. The van der Waals surface area contributed by atoms with Gasteiger partial charge in [-0.1, -0.05) is 10.6 Å². The Labute approximate surface area is 108 Å². The van der Waals surface area contributed by atoms with E-state index in [0.29, 0.717) is 30.3 Å². The largest absolute Gasteiger partial charge is 0.492 e. The number of hydrogen-bond donors (Lipinski definition) is 2. The zero-order valence-electron chi connectivity index (χ0n) is 9.50. The quantitative estimate of drug-likeness (QED) is 0.844. The van der Waals surface area contributed by atoms with Crippen LogP contribution in [0.4, 0.5) is 5.69 Å². The molecule has 94 valence electrons. The molecule has 1 aromatic heterocycles. The Hall–Kier alpha value is -1.99. The first-order chi connectivity index (χ1) is 8.79. The number of hydrogen-bond acceptors (Lipinski definition) is 6. The van der Waals surface area contributed by atoms with Crippen LogP contribution in [-0.2, 0) is 0 Å². The van der Waals surface area contributed by atoms with Gasteiger partial charge < -0.3 is 15.8 Å². The second-order valence-electron chi connectivity index (χ2n) is 3.41. The van der Waals surface area contributed by atoms with Crippen molar-refractivity contribution in [3.8, 4) is 5.75 Å². The molecular weight excluding hydrogens is 252 g/mol. The van der Waals surface area contributed by atoms with Crippen LogP contribution < -0.4 is 15.8 Å². The molecule has 1 amide bonds. The fraction of sp³-hybridized carbons (Fsp3) is 0.182. The summed E-state index contributed by atoms with van der Waals surface area (Å²) in [4.78, 5) is 11.7. The van der Waals surface area contributed by atoms with Crippen LogP contribution in [0.2, 0.25) is 0 Å². The van der Waals surface area contributed by atoms with Crippen molar-refractivity contribution in [2.45, 2.75) is 0 Å². The van der Waals surface area contributed by atoms with Crippen LogP contribution in [0, 0.1) is 0 Å². The van der Waals surface area contributed by atoms with Crippen molar-refractivity contribution in [3.63, 3.8) is 0 Å². The molecule has 0 unspecified atom stereocenters. The molecule has 7 heteroatoms. The van der Waals surface area contributed by atoms with Gasteiger partial charge in [0.05, 0.1) is 0 Å². The highest BCUT2D eigenvalue weighted by Crippen LogP contribution is 2.17. The van der Waals surface area contributed by atoms with Crippen LogP contribution >= 0.6 is 11.5 Å². The van der Waals surface area contributed by atoms with Crippen molar-refractivity contribution in [3.05, 3.63) is 35.3 Å². The number of aromatic nitrogens is 2. The van der Waals surface area contributed by atoms with Gasteiger partial charge in [0.25, 0.3) is 5.91 Å². The smallest absolute Gasteiger partial charge is 0.277 e. The molecule has 0 saturated heterocycles. The van der Waals surface area contributed by atoms with Crippen molar-refractivity contribution in [2.24, 2.45) is 5.73 Å². The maximum Gasteiger partial charge on any atom is 0.277 e. The Morgan fingerprint density at radius 2 is 2.39 bits per heavy atom. The van der Waals surface area contributed by atoms with E-state index in [9.17, 15) is 4.79 Å². The van der Waals surface area contributed by atoms with Gasteiger partial charge in [0, 0.05) is 23.7 Å². The Balaban J connectivity index is 2.03. The average Bonchev–Trinajstić information content (AvgIpc) is 2.91. The van der Waals surface area contributed by atoms with Gasteiger partial charge in [-0.25, -0.2) is 0 Å². The molecule has 6 nitrogen and oxygen atoms in total. The van der Waals surface area contributed by atoms with Gasteiger partial charge in [0.15, 0.2) is 5.69 Å². The number of nitrogens with zero attached hydrogens (tertiary/aromatic N) is 2. The summed E-state index contributed by atoms with van der Waals surface area (Å²) in [5, 5.41) is 8.00. The number of carbonyl (C=O) groups is 1. The average molecular weight is 264 g/mol. The monoisotopic (exact) mass is 264 g/mol. The highest BCUT2D eigenvalue weighted by molar-refractivity contribution is 7.03. The molecule has 2 rings (SSSR count). The second-order valence-corrected chi connectivity index (χ2v) is 4.02. The van der Waals surface area contributed by atoms with Crippen LogP contribution in [-0.4, -0.2) is 28.6 Å². The van der Waals surface area contributed by atoms with Gasteiger partial charge >= 0.3 is 0 Å². The minimum Gasteiger partial charge on any atom is -0.492 e. The fourth-order valence-corrected chi connectivity index (χ4v) is 1.74. The van der Waals surface area contributed by atoms with Crippen molar-refractivity contribution in [1.82, 2.24) is 9.59 Å². The molecule has 0 spiro atoms. The molecule has 0 saturated carbocycles. The third-order valence-corrected chi connectivity index (χ3v) is 2.58. The van der Waals surface area contributed by atoms with Crippen molar-refractivity contribution >= 4 is 23.1 Å². The predicted molar refractivity (Wildman–Crippen MR) is 68.9 cm³/mol. The summed E-state index contributed by atoms with van der Waals surface area (Å²) in [6, 6.07) is 7.09. The second kappa shape index (κ2) is 6.08. The first-order valence-corrected chi connectivity index (χ1v) is 6.14. The van der Waals surface area contributed by atoms with Crippen LogP contribution in [0.5, 0.6) is 5.75 Å². The van der Waals surface area contributed by atoms with E-state index >= 15 is 0 Å². The zero-order chi connectivity index (χ0) is 12.8. The van der Waals surface area contributed by atoms with E-state index in [1.54, 1.807) is 29.6 Å². The van der Waals surface area contributed by atoms with Crippen molar-refractivity contribution in [1.29, 1.82) is 0 Å². The molecule has 0 radical (unpaired) electrons. The fourth-order valence-electron chi connectivity index (χ4n) is 1.30. The Bertz CT molecular complexity index is 516. The molecule has 0 aliphatic carbocycles. The van der Waals surface area contributed by atoms with Crippen LogP contribution in [0.1, 0.15) is 10.5 Å². The van der Waals surface area contributed by atoms with Gasteiger partial charge in [-0.05, 0) is 23.7 Å². The lowest BCUT2D eigenvalue weighted by Crippen LogP contribution is -2.13. The molecule has 3 N–H and O–H groups in total. The summed E-state index contributed by atoms with van der Waals surface area (Å²) in [6.07, 6.45) is 0. The lowest BCUT2D eigenvalue weighted by atomic mass is 10.3. The van der Waals surface area contributed by atoms with E-state index in [4.69, 9.17) is 10.5 Å². The molecular formula is C11H12N4O2S. The van der Waals surface area contributed by atoms with E-state index in [2.05, 4.69) is 14.9 Å². The minimum atomic E-state index is -0.292. The molecule has 0 bridgehead atoms. The summed E-state index contributed by atoms with van der Waals surface area (Å²) < 4.78 is 9.00. The highest BCUT2D eigenvalue weighted by Gasteiger charge is 2.09. The van der Waals surface area contributed by atoms with Gasteiger partial charge in [-0.15, -0.1) is 5.10 Å². The predicted octanol–water partition coefficient (Wildman–Crippen LogP) is 1.13. The van der Waals surface area contributed by atoms with Gasteiger partial charge in [-0.2, -0.15) is 0 Å². The van der Waals surface area contributed by atoms with E-state index in [1.165, 1.54) is 0 Å². The molecule has 0 aliphatic rings. The summed E-state index contributed by atoms with van der Waals surface area (Å²) in [5.41, 5.74) is 6.29. The molecule has 0 atom stereocenters. The molecule has 2 aromatic rings. The van der Waals surface area contributed by atoms with Crippen LogP contribution in [0.3, 0.4) is 0 Å². The molecule has 0 aliphatic heterocycles. The number of amides is 1. The summed E-state index contributed by atoms with van der Waals surface area (Å²) in [6.45, 7) is 0.883. The maximum absolute atomic E-state index is 11.7. The Kier molecular flexibility index (Phi) is 4.21. The molecule has 1 aromatic carbocycles. The van der Waals surface area contributed by atoms with E-state index in [1.807, 2.05) is 0 Å². The third-order valence-electron chi connectivity index (χ3n) is 2.07. The molecule has 1 heterocycles. The van der Waals surface area contributed by atoms with E-state index in [-0.39, 0.29) is 5.91 Å². The number of nitrogens with one attached hydrogen (secondary N) is 1. The van der Waals surface area contributed by atoms with Crippen LogP contribution in [0.15, 0.2) is 29.6 Å². The molecule has 18 heavy (non-hydrogen) atoms. The highest BCUT2D eigenvalue weighted by atomic mass is 32.1. The van der Waals surface area contributed by atoms with Gasteiger partial charge in [-0.3, -0.25) is 4.79 Å². The number of rotatable bonds is 5. The number of nitrogens with two attached hydrogens (primary N) is 1. The summed E-state index contributed by atoms with van der Waals surface area (Å²) in [7, 11) is 0. The van der Waals surface area contributed by atoms with Crippen molar-refractivity contribution in [2.75, 3.05) is 18.5 Å². The minimum absolute atomic E-state index is 0.292. The van der Waals surface area contributed by atoms with Gasteiger partial charge in [0.2, 0.25) is 0 Å². The normalized spacial score (nSPS) is 10.1. The number of ether oxygens (including phenoxy) is 1. The summed E-state index contributed by atoms with van der Waals surface area (Å²) in [5.74, 6) is 0.370. The standard InChI is InChI=1S/C11H12N4O2S/c12-4-5-17-9-3-1-2-8(6-9)13-11(16)10-7-18-15-14-10/h1-3,6-7H,4-5,12H2,(H,13,16). The number of anilines is 1. The topological polar surface area (TPSA) is 90.1 Å². The molecule has 0 fully saturated rings. The SMILES string of the molecule is NCCOc1cccc(NC(=O)c2csnn2)c1. The lowest BCUT2D eigenvalue weighted by molar-refractivity contribution is 0.102. The summed E-state index contributed by atoms with van der Waals surface area (Å²) >= 11 is 1.13. The number of benzene rings is 1. The zero-order valence-corrected chi connectivity index (χ0v) is 10.3. The number of carbonyl (C=O) groups excluding carboxylic acids is 1. The lowest BCUT2D eigenvalue weighted by Gasteiger charge is -2.07. The third kappa shape index (κ3) is 3.25. The van der Waals surface area contributed by atoms with E-state index < -0.39 is 0 Å². The first-order valence-electron chi connectivity index (χ1n) is 5.31. The van der Waals surface area contributed by atoms with Crippen molar-refractivity contribution < 1.29 is 9.53 Å². The van der Waals surface area contributed by atoms with Gasteiger partial charge in [0.1, 0.15) is 12.4 Å². The Morgan fingerprint density at radius 1 is 1.50 bits per heavy atom. The maximum atomic E-state index is 11.7. The Morgan fingerprint density at radius 3 is 3.11 bits per heavy atom. The van der Waals surface area contributed by atoms with Crippen LogP contribution in [0.25, 0.3) is 0 Å². The van der Waals surface area contributed by atoms with E-state index in [0.717, 1.165) is 11.5 Å².